The van der Waals surface area contributed by atoms with Crippen molar-refractivity contribution >= 4 is 17.2 Å². The number of nitrogens with one attached hydrogen (secondary N) is 1. The van der Waals surface area contributed by atoms with Crippen LogP contribution in [-0.4, -0.2) is 27.4 Å². The summed E-state index contributed by atoms with van der Waals surface area (Å²) in [4.78, 5) is 25.3. The van der Waals surface area contributed by atoms with Crippen molar-refractivity contribution in [2.24, 2.45) is 0 Å². The molecule has 2 aromatic heterocycles. The van der Waals surface area contributed by atoms with E-state index in [2.05, 4.69) is 27.2 Å². The smallest absolute Gasteiger partial charge is 0.255 e. The third-order valence-corrected chi connectivity index (χ3v) is 4.83. The molecule has 24 heavy (non-hydrogen) atoms. The van der Waals surface area contributed by atoms with Gasteiger partial charge in [0.1, 0.15) is 6.33 Å². The van der Waals surface area contributed by atoms with Crippen molar-refractivity contribution in [2.75, 3.05) is 6.54 Å². The van der Waals surface area contributed by atoms with Crippen molar-refractivity contribution in [1.29, 1.82) is 0 Å². The Hall–Kier alpha value is -2.60. The Morgan fingerprint density at radius 1 is 1.29 bits per heavy atom. The Balaban J connectivity index is 1.74. The van der Waals surface area contributed by atoms with E-state index in [-0.39, 0.29) is 11.8 Å². The maximum Gasteiger partial charge on any atom is 0.255 e. The third-order valence-electron chi connectivity index (χ3n) is 3.63. The van der Waals surface area contributed by atoms with E-state index in [1.165, 1.54) is 6.33 Å². The molecule has 5 nitrogen and oxygen atoms in total. The van der Waals surface area contributed by atoms with E-state index in [9.17, 15) is 4.79 Å². The van der Waals surface area contributed by atoms with Crippen LogP contribution in [-0.2, 0) is 0 Å². The summed E-state index contributed by atoms with van der Waals surface area (Å²) in [5, 5.41) is 6.01. The molecule has 6 heteroatoms. The number of aryl methyl sites for hydroxylation is 1. The van der Waals surface area contributed by atoms with E-state index in [0.29, 0.717) is 17.8 Å². The molecule has 0 aliphatic heterocycles. The SMILES string of the molecule is Cc1csc(C(C)CNC(=O)c2cncnc2-c2ccccc2)n1. The van der Waals surface area contributed by atoms with Crippen molar-refractivity contribution in [3.05, 3.63) is 64.5 Å². The van der Waals surface area contributed by atoms with Crippen LogP contribution in [0.4, 0.5) is 0 Å². The maximum atomic E-state index is 12.6. The number of rotatable bonds is 5. The predicted molar refractivity (Wildman–Crippen MR) is 95.1 cm³/mol. The molecule has 1 unspecified atom stereocenters. The van der Waals surface area contributed by atoms with Gasteiger partial charge in [-0.3, -0.25) is 4.79 Å². The number of amides is 1. The van der Waals surface area contributed by atoms with Gasteiger partial charge < -0.3 is 5.32 Å². The number of hydrogen-bond acceptors (Lipinski definition) is 5. The van der Waals surface area contributed by atoms with Crippen LogP contribution in [0.1, 0.15) is 33.9 Å². The average molecular weight is 338 g/mol. The highest BCUT2D eigenvalue weighted by Crippen LogP contribution is 2.21. The number of carbonyl (C=O) groups excluding carboxylic acids is 1. The molecule has 0 aliphatic rings. The fraction of sp³-hybridized carbons (Fsp3) is 0.222. The molecule has 0 fully saturated rings. The molecular formula is C18H18N4OS. The Kier molecular flexibility index (Phi) is 4.96. The average Bonchev–Trinajstić information content (AvgIpc) is 3.06. The Morgan fingerprint density at radius 3 is 2.79 bits per heavy atom. The molecule has 0 spiro atoms. The van der Waals surface area contributed by atoms with Gasteiger partial charge in [0.05, 0.1) is 16.3 Å². The summed E-state index contributed by atoms with van der Waals surface area (Å²) in [6.07, 6.45) is 3.02. The van der Waals surface area contributed by atoms with E-state index in [0.717, 1.165) is 16.3 Å². The minimum Gasteiger partial charge on any atom is -0.351 e. The van der Waals surface area contributed by atoms with Crippen LogP contribution in [0.3, 0.4) is 0 Å². The van der Waals surface area contributed by atoms with Crippen molar-refractivity contribution in [2.45, 2.75) is 19.8 Å². The lowest BCUT2D eigenvalue weighted by atomic mass is 10.1. The van der Waals surface area contributed by atoms with E-state index in [1.807, 2.05) is 42.6 Å². The number of hydrogen-bond donors (Lipinski definition) is 1. The number of aromatic nitrogens is 3. The van der Waals surface area contributed by atoms with Crippen LogP contribution in [0.2, 0.25) is 0 Å². The molecule has 0 bridgehead atoms. The van der Waals surface area contributed by atoms with Crippen LogP contribution in [0, 0.1) is 6.92 Å². The second-order valence-corrected chi connectivity index (χ2v) is 6.48. The number of benzene rings is 1. The predicted octanol–water partition coefficient (Wildman–Crippen LogP) is 3.44. The first-order valence-corrected chi connectivity index (χ1v) is 8.58. The summed E-state index contributed by atoms with van der Waals surface area (Å²) in [5.74, 6) is -0.00737. The zero-order valence-electron chi connectivity index (χ0n) is 13.6. The molecule has 1 aromatic carbocycles. The molecule has 1 amide bonds. The maximum absolute atomic E-state index is 12.6. The summed E-state index contributed by atoms with van der Waals surface area (Å²) in [6.45, 7) is 4.55. The summed E-state index contributed by atoms with van der Waals surface area (Å²) in [7, 11) is 0. The van der Waals surface area contributed by atoms with E-state index >= 15 is 0 Å². The highest BCUT2D eigenvalue weighted by molar-refractivity contribution is 7.09. The third kappa shape index (κ3) is 3.65. The monoisotopic (exact) mass is 338 g/mol. The molecule has 1 atom stereocenters. The van der Waals surface area contributed by atoms with Gasteiger partial charge in [0.2, 0.25) is 0 Å². The second-order valence-electron chi connectivity index (χ2n) is 5.59. The number of carbonyl (C=O) groups is 1. The minimum absolute atomic E-state index is 0.164. The van der Waals surface area contributed by atoms with Gasteiger partial charge in [-0.05, 0) is 6.92 Å². The fourth-order valence-electron chi connectivity index (χ4n) is 2.35. The summed E-state index contributed by atoms with van der Waals surface area (Å²) in [6, 6.07) is 9.64. The van der Waals surface area contributed by atoms with E-state index in [4.69, 9.17) is 0 Å². The Bertz CT molecular complexity index is 832. The van der Waals surface area contributed by atoms with E-state index < -0.39 is 0 Å². The van der Waals surface area contributed by atoms with Crippen molar-refractivity contribution in [3.8, 4) is 11.3 Å². The largest absolute Gasteiger partial charge is 0.351 e. The molecule has 0 saturated heterocycles. The zero-order chi connectivity index (χ0) is 16.9. The van der Waals surface area contributed by atoms with Crippen LogP contribution in [0.5, 0.6) is 0 Å². The summed E-state index contributed by atoms with van der Waals surface area (Å²) >= 11 is 1.62. The van der Waals surface area contributed by atoms with Gasteiger partial charge in [-0.1, -0.05) is 37.3 Å². The summed E-state index contributed by atoms with van der Waals surface area (Å²) < 4.78 is 0. The molecule has 122 valence electrons. The minimum atomic E-state index is -0.172. The molecule has 2 heterocycles. The van der Waals surface area contributed by atoms with Crippen molar-refractivity contribution in [3.63, 3.8) is 0 Å². The van der Waals surface area contributed by atoms with Gasteiger partial charge in [0, 0.05) is 35.3 Å². The number of thiazole rings is 1. The molecular weight excluding hydrogens is 320 g/mol. The molecule has 0 aliphatic carbocycles. The normalized spacial score (nSPS) is 11.9. The number of nitrogens with zero attached hydrogens (tertiary/aromatic N) is 3. The first-order chi connectivity index (χ1) is 11.6. The topological polar surface area (TPSA) is 67.8 Å². The standard InChI is InChI=1S/C18H18N4OS/c1-12(18-22-13(2)10-24-18)8-20-17(23)15-9-19-11-21-16(15)14-6-4-3-5-7-14/h3-7,9-12H,8H2,1-2H3,(H,20,23). The van der Waals surface area contributed by atoms with Gasteiger partial charge in [-0.15, -0.1) is 11.3 Å². The van der Waals surface area contributed by atoms with Gasteiger partial charge in [-0.25, -0.2) is 15.0 Å². The highest BCUT2D eigenvalue weighted by atomic mass is 32.1. The lowest BCUT2D eigenvalue weighted by molar-refractivity contribution is 0.0951. The van der Waals surface area contributed by atoms with Crippen molar-refractivity contribution < 1.29 is 4.79 Å². The lowest BCUT2D eigenvalue weighted by Gasteiger charge is -2.12. The van der Waals surface area contributed by atoms with Gasteiger partial charge in [0.15, 0.2) is 0 Å². The quantitative estimate of drug-likeness (QED) is 0.774. The highest BCUT2D eigenvalue weighted by Gasteiger charge is 2.16. The lowest BCUT2D eigenvalue weighted by Crippen LogP contribution is -2.28. The van der Waals surface area contributed by atoms with E-state index in [1.54, 1.807) is 17.5 Å². The van der Waals surface area contributed by atoms with Gasteiger partial charge >= 0.3 is 0 Å². The van der Waals surface area contributed by atoms with Crippen molar-refractivity contribution in [1.82, 2.24) is 20.3 Å². The first-order valence-electron chi connectivity index (χ1n) is 7.71. The van der Waals surface area contributed by atoms with Crippen LogP contribution in [0.25, 0.3) is 11.3 Å². The van der Waals surface area contributed by atoms with Crippen LogP contribution in [0.15, 0.2) is 48.2 Å². The van der Waals surface area contributed by atoms with Crippen LogP contribution >= 0.6 is 11.3 Å². The molecule has 1 N–H and O–H groups in total. The first kappa shape index (κ1) is 16.3. The van der Waals surface area contributed by atoms with Crippen LogP contribution < -0.4 is 5.32 Å². The second kappa shape index (κ2) is 7.31. The zero-order valence-corrected chi connectivity index (χ0v) is 14.4. The summed E-state index contributed by atoms with van der Waals surface area (Å²) in [5.41, 5.74) is 3.02. The molecule has 3 rings (SSSR count). The molecule has 0 radical (unpaired) electrons. The van der Waals surface area contributed by atoms with Gasteiger partial charge in [-0.2, -0.15) is 0 Å². The fourth-order valence-corrected chi connectivity index (χ4v) is 3.21. The molecule has 0 saturated carbocycles. The molecule has 3 aromatic rings. The Morgan fingerprint density at radius 2 is 2.08 bits per heavy atom. The Labute approximate surface area is 144 Å². The van der Waals surface area contributed by atoms with Gasteiger partial charge in [0.25, 0.3) is 5.91 Å².